The van der Waals surface area contributed by atoms with Gasteiger partial charge >= 0.3 is 0 Å². The van der Waals surface area contributed by atoms with Crippen LogP contribution in [0.2, 0.25) is 0 Å². The van der Waals surface area contributed by atoms with Gasteiger partial charge in [-0.2, -0.15) is 0 Å². The lowest BCUT2D eigenvalue weighted by Gasteiger charge is -2.05. The van der Waals surface area contributed by atoms with E-state index in [4.69, 9.17) is 0 Å². The summed E-state index contributed by atoms with van der Waals surface area (Å²) < 4.78 is 0. The van der Waals surface area contributed by atoms with Crippen LogP contribution in [-0.4, -0.2) is 0 Å². The molecule has 0 aromatic heterocycles. The van der Waals surface area contributed by atoms with E-state index in [2.05, 4.69) is 13.0 Å². The van der Waals surface area contributed by atoms with Gasteiger partial charge in [0.2, 0.25) is 0 Å². The lowest BCUT2D eigenvalue weighted by atomic mass is 10.0. The molecule has 0 atom stereocenters. The first kappa shape index (κ1) is 10.0. The fourth-order valence-corrected chi connectivity index (χ4v) is 1.38. The fourth-order valence-electron chi connectivity index (χ4n) is 1.38. The lowest BCUT2D eigenvalue weighted by molar-refractivity contribution is 0.702. The van der Waals surface area contributed by atoms with Crippen molar-refractivity contribution in [3.8, 4) is 0 Å². The van der Waals surface area contributed by atoms with Gasteiger partial charge in [0.05, 0.1) is 0 Å². The third-order valence-corrected chi connectivity index (χ3v) is 2.18. The maximum Gasteiger partial charge on any atom is -0.0323 e. The predicted octanol–water partition coefficient (Wildman–Crippen LogP) is 4.19. The van der Waals surface area contributed by atoms with E-state index in [1.54, 1.807) is 5.57 Å². The Morgan fingerprint density at radius 2 is 1.38 bits per heavy atom. The molecule has 1 aliphatic rings. The van der Waals surface area contributed by atoms with Crippen LogP contribution in [-0.2, 0) is 0 Å². The van der Waals surface area contributed by atoms with Crippen LogP contribution in [0.3, 0.4) is 0 Å². The predicted molar refractivity (Wildman–Crippen MR) is 58.7 cm³/mol. The zero-order valence-electron chi connectivity index (χ0n) is 8.37. The molecule has 0 fully saturated rings. The summed E-state index contributed by atoms with van der Waals surface area (Å²) in [5, 5.41) is 0. The molecule has 0 bridgehead atoms. The molecule has 13 heavy (non-hydrogen) atoms. The van der Waals surface area contributed by atoms with Crippen LogP contribution >= 0.6 is 0 Å². The second kappa shape index (κ2) is 6.47. The van der Waals surface area contributed by atoms with E-state index in [1.807, 2.05) is 36.4 Å². The van der Waals surface area contributed by atoms with Gasteiger partial charge in [0.25, 0.3) is 0 Å². The third-order valence-electron chi connectivity index (χ3n) is 2.18. The summed E-state index contributed by atoms with van der Waals surface area (Å²) in [6.45, 7) is 2.22. The fraction of sp³-hybridized carbons (Fsp3) is 0.385. The third kappa shape index (κ3) is 5.24. The summed E-state index contributed by atoms with van der Waals surface area (Å²) in [6.07, 6.45) is 7.86. The molecule has 0 N–H and O–H groups in total. The molecule has 1 aromatic carbocycles. The summed E-state index contributed by atoms with van der Waals surface area (Å²) in [5.74, 6) is 0. The standard InChI is InChI=1S/C7H12.C6H6/c1-7-5-3-2-4-6-7;1-2-4-6-5-3-1/h5H,2-4,6H2,1H3;1-6H. The monoisotopic (exact) mass is 174 g/mol. The molecule has 0 nitrogen and oxygen atoms in total. The molecule has 2 rings (SSSR count). The van der Waals surface area contributed by atoms with Crippen LogP contribution in [0, 0.1) is 0 Å². The van der Waals surface area contributed by atoms with Crippen molar-refractivity contribution < 1.29 is 0 Å². The second-order valence-electron chi connectivity index (χ2n) is 3.45. The van der Waals surface area contributed by atoms with Crippen molar-refractivity contribution in [2.24, 2.45) is 0 Å². The van der Waals surface area contributed by atoms with Crippen molar-refractivity contribution in [1.82, 2.24) is 0 Å². The highest BCUT2D eigenvalue weighted by Crippen LogP contribution is 2.15. The zero-order valence-corrected chi connectivity index (χ0v) is 8.37. The first-order valence-corrected chi connectivity index (χ1v) is 5.05. The summed E-state index contributed by atoms with van der Waals surface area (Å²) in [6, 6.07) is 12.0. The van der Waals surface area contributed by atoms with Gasteiger partial charge in [0.1, 0.15) is 0 Å². The SMILES string of the molecule is CC1=CCCCC1.c1ccccc1. The molecule has 0 radical (unpaired) electrons. The van der Waals surface area contributed by atoms with Crippen molar-refractivity contribution in [3.63, 3.8) is 0 Å². The minimum absolute atomic E-state index is 1.33. The van der Waals surface area contributed by atoms with E-state index in [9.17, 15) is 0 Å². The Hall–Kier alpha value is -1.04. The molecule has 0 heterocycles. The van der Waals surface area contributed by atoms with Crippen LogP contribution in [0.25, 0.3) is 0 Å². The molecule has 0 heteroatoms. The van der Waals surface area contributed by atoms with Crippen LogP contribution in [0.5, 0.6) is 0 Å². The Morgan fingerprint density at radius 1 is 0.846 bits per heavy atom. The maximum atomic E-state index is 2.35. The normalized spacial score (nSPS) is 15.3. The highest BCUT2D eigenvalue weighted by atomic mass is 14.0. The Balaban J connectivity index is 0.000000132. The molecular weight excluding hydrogens is 156 g/mol. The highest BCUT2D eigenvalue weighted by molar-refractivity contribution is 5.00. The van der Waals surface area contributed by atoms with E-state index in [0.29, 0.717) is 0 Å². The van der Waals surface area contributed by atoms with Gasteiger partial charge in [0.15, 0.2) is 0 Å². The Kier molecular flexibility index (Phi) is 5.00. The van der Waals surface area contributed by atoms with Crippen molar-refractivity contribution in [2.45, 2.75) is 32.6 Å². The quantitative estimate of drug-likeness (QED) is 0.517. The van der Waals surface area contributed by atoms with E-state index >= 15 is 0 Å². The minimum atomic E-state index is 1.33. The molecule has 0 amide bonds. The molecule has 0 saturated carbocycles. The molecule has 0 unspecified atom stereocenters. The van der Waals surface area contributed by atoms with E-state index in [1.165, 1.54) is 25.7 Å². The number of hydrogen-bond acceptors (Lipinski definition) is 0. The number of rotatable bonds is 0. The summed E-state index contributed by atoms with van der Waals surface area (Å²) in [7, 11) is 0. The van der Waals surface area contributed by atoms with E-state index in [-0.39, 0.29) is 0 Å². The Morgan fingerprint density at radius 3 is 1.62 bits per heavy atom. The average molecular weight is 174 g/mol. The summed E-state index contributed by atoms with van der Waals surface area (Å²) >= 11 is 0. The summed E-state index contributed by atoms with van der Waals surface area (Å²) in [4.78, 5) is 0. The van der Waals surface area contributed by atoms with Gasteiger partial charge < -0.3 is 0 Å². The molecule has 0 spiro atoms. The Bertz CT molecular complexity index is 207. The average Bonchev–Trinajstić information content (AvgIpc) is 2.22. The van der Waals surface area contributed by atoms with Crippen molar-refractivity contribution in [2.75, 3.05) is 0 Å². The van der Waals surface area contributed by atoms with Crippen LogP contribution < -0.4 is 0 Å². The lowest BCUT2D eigenvalue weighted by Crippen LogP contribution is -1.85. The summed E-state index contributed by atoms with van der Waals surface area (Å²) in [5.41, 5.74) is 1.59. The first-order chi connectivity index (χ1) is 6.39. The van der Waals surface area contributed by atoms with Crippen molar-refractivity contribution in [1.29, 1.82) is 0 Å². The van der Waals surface area contributed by atoms with Gasteiger partial charge in [0, 0.05) is 0 Å². The first-order valence-electron chi connectivity index (χ1n) is 5.05. The van der Waals surface area contributed by atoms with Crippen LogP contribution in [0.1, 0.15) is 32.6 Å². The maximum absolute atomic E-state index is 2.35. The highest BCUT2D eigenvalue weighted by Gasteiger charge is 1.95. The van der Waals surface area contributed by atoms with Gasteiger partial charge in [-0.25, -0.2) is 0 Å². The zero-order chi connectivity index (χ0) is 9.36. The minimum Gasteiger partial charge on any atom is -0.0856 e. The smallest absolute Gasteiger partial charge is 0.0323 e. The largest absolute Gasteiger partial charge is 0.0856 e. The molecule has 0 aliphatic heterocycles. The van der Waals surface area contributed by atoms with Crippen molar-refractivity contribution in [3.05, 3.63) is 48.0 Å². The van der Waals surface area contributed by atoms with Crippen LogP contribution in [0.4, 0.5) is 0 Å². The van der Waals surface area contributed by atoms with Gasteiger partial charge in [-0.1, -0.05) is 48.0 Å². The van der Waals surface area contributed by atoms with E-state index in [0.717, 1.165) is 0 Å². The van der Waals surface area contributed by atoms with Gasteiger partial charge in [-0.3, -0.25) is 0 Å². The van der Waals surface area contributed by atoms with Crippen LogP contribution in [0.15, 0.2) is 48.0 Å². The van der Waals surface area contributed by atoms with E-state index < -0.39 is 0 Å². The molecular formula is C13H18. The number of benzene rings is 1. The molecule has 70 valence electrons. The molecule has 0 saturated heterocycles. The molecule has 1 aliphatic carbocycles. The topological polar surface area (TPSA) is 0 Å². The number of allylic oxidation sites excluding steroid dienone is 2. The second-order valence-corrected chi connectivity index (χ2v) is 3.45. The van der Waals surface area contributed by atoms with Crippen molar-refractivity contribution >= 4 is 0 Å². The molecule has 1 aromatic rings. The van der Waals surface area contributed by atoms with Gasteiger partial charge in [-0.15, -0.1) is 0 Å². The number of hydrogen-bond donors (Lipinski definition) is 0. The Labute approximate surface area is 81.3 Å². The van der Waals surface area contributed by atoms with Gasteiger partial charge in [-0.05, 0) is 32.6 Å².